The fourth-order valence-corrected chi connectivity index (χ4v) is 3.87. The van der Waals surface area contributed by atoms with Crippen LogP contribution in [-0.4, -0.2) is 19.6 Å². The van der Waals surface area contributed by atoms with Gasteiger partial charge in [-0.2, -0.15) is 0 Å². The normalized spacial score (nSPS) is 24.3. The molecule has 0 aliphatic heterocycles. The Kier molecular flexibility index (Phi) is 4.01. The molecular formula is C13H20N2O3S. The summed E-state index contributed by atoms with van der Waals surface area (Å²) in [7, 11) is -3.57. The lowest BCUT2D eigenvalue weighted by atomic mass is 9.87. The Balaban J connectivity index is 2.19. The number of benzene rings is 1. The molecule has 1 aromatic carbocycles. The van der Waals surface area contributed by atoms with Crippen LogP contribution in [0.2, 0.25) is 0 Å². The summed E-state index contributed by atoms with van der Waals surface area (Å²) in [5.41, 5.74) is 5.60. The molecule has 0 amide bonds. The van der Waals surface area contributed by atoms with Crippen LogP contribution in [0.3, 0.4) is 0 Å². The molecule has 1 saturated carbocycles. The highest BCUT2D eigenvalue weighted by molar-refractivity contribution is 7.89. The van der Waals surface area contributed by atoms with Crippen LogP contribution in [0.15, 0.2) is 23.1 Å². The average molecular weight is 284 g/mol. The van der Waals surface area contributed by atoms with Gasteiger partial charge in [-0.1, -0.05) is 19.8 Å². The summed E-state index contributed by atoms with van der Waals surface area (Å²) < 4.78 is 27.3. The van der Waals surface area contributed by atoms with Gasteiger partial charge < -0.3 is 10.8 Å². The number of phenolic OH excluding ortho intramolecular Hbond substituents is 1. The molecule has 0 saturated heterocycles. The third-order valence-corrected chi connectivity index (χ3v) is 5.21. The minimum absolute atomic E-state index is 0.0197. The third-order valence-electron chi connectivity index (χ3n) is 3.73. The molecule has 5 nitrogen and oxygen atoms in total. The largest absolute Gasteiger partial charge is 0.506 e. The van der Waals surface area contributed by atoms with E-state index in [4.69, 9.17) is 5.73 Å². The summed E-state index contributed by atoms with van der Waals surface area (Å²) in [4.78, 5) is 0.0978. The van der Waals surface area contributed by atoms with Crippen LogP contribution in [0, 0.1) is 5.92 Å². The number of hydrogen-bond donors (Lipinski definition) is 3. The van der Waals surface area contributed by atoms with Crippen molar-refractivity contribution in [3.63, 3.8) is 0 Å². The van der Waals surface area contributed by atoms with Crippen molar-refractivity contribution < 1.29 is 13.5 Å². The second-order valence-corrected chi connectivity index (χ2v) is 6.92. The van der Waals surface area contributed by atoms with Crippen molar-refractivity contribution in [2.75, 3.05) is 5.73 Å². The van der Waals surface area contributed by atoms with Crippen molar-refractivity contribution in [3.05, 3.63) is 18.2 Å². The van der Waals surface area contributed by atoms with Gasteiger partial charge in [-0.3, -0.25) is 0 Å². The first-order chi connectivity index (χ1) is 8.90. The minimum Gasteiger partial charge on any atom is -0.506 e. The van der Waals surface area contributed by atoms with E-state index in [2.05, 4.69) is 11.6 Å². The van der Waals surface area contributed by atoms with Crippen LogP contribution in [0.25, 0.3) is 0 Å². The van der Waals surface area contributed by atoms with Gasteiger partial charge in [0.25, 0.3) is 0 Å². The van der Waals surface area contributed by atoms with E-state index in [0.29, 0.717) is 5.92 Å². The van der Waals surface area contributed by atoms with Crippen LogP contribution in [0.1, 0.15) is 32.6 Å². The fraction of sp³-hybridized carbons (Fsp3) is 0.538. The van der Waals surface area contributed by atoms with Crippen LogP contribution in [0.5, 0.6) is 5.75 Å². The van der Waals surface area contributed by atoms with Gasteiger partial charge in [-0.25, -0.2) is 13.1 Å². The first kappa shape index (κ1) is 14.1. The molecule has 1 aromatic rings. The molecule has 0 heterocycles. The highest BCUT2D eigenvalue weighted by Crippen LogP contribution is 2.27. The summed E-state index contributed by atoms with van der Waals surface area (Å²) in [6.07, 6.45) is 4.12. The molecule has 6 heteroatoms. The van der Waals surface area contributed by atoms with Crippen molar-refractivity contribution in [2.45, 2.75) is 43.5 Å². The molecule has 4 N–H and O–H groups in total. The number of anilines is 1. The van der Waals surface area contributed by atoms with Crippen LogP contribution in [-0.2, 0) is 10.0 Å². The Morgan fingerprint density at radius 3 is 2.63 bits per heavy atom. The molecular weight excluding hydrogens is 264 g/mol. The van der Waals surface area contributed by atoms with E-state index >= 15 is 0 Å². The van der Waals surface area contributed by atoms with Gasteiger partial charge in [-0.15, -0.1) is 0 Å². The smallest absolute Gasteiger partial charge is 0.240 e. The maximum atomic E-state index is 12.3. The maximum absolute atomic E-state index is 12.3. The number of nitrogen functional groups attached to an aromatic ring is 1. The van der Waals surface area contributed by atoms with E-state index < -0.39 is 10.0 Å². The van der Waals surface area contributed by atoms with Crippen molar-refractivity contribution in [1.29, 1.82) is 0 Å². The van der Waals surface area contributed by atoms with Crippen molar-refractivity contribution in [3.8, 4) is 5.75 Å². The molecule has 2 atom stereocenters. The van der Waals surface area contributed by atoms with Gasteiger partial charge in [0, 0.05) is 6.04 Å². The van der Waals surface area contributed by atoms with Gasteiger partial charge in [0.15, 0.2) is 0 Å². The number of rotatable bonds is 3. The van der Waals surface area contributed by atoms with E-state index in [1.165, 1.54) is 18.2 Å². The lowest BCUT2D eigenvalue weighted by Crippen LogP contribution is -2.40. The molecule has 19 heavy (non-hydrogen) atoms. The van der Waals surface area contributed by atoms with Crippen molar-refractivity contribution in [2.24, 2.45) is 5.92 Å². The quantitative estimate of drug-likeness (QED) is 0.583. The first-order valence-electron chi connectivity index (χ1n) is 6.51. The maximum Gasteiger partial charge on any atom is 0.240 e. The van der Waals surface area contributed by atoms with Gasteiger partial charge in [-0.05, 0) is 37.0 Å². The number of sulfonamides is 1. The highest BCUT2D eigenvalue weighted by atomic mass is 32.2. The number of hydrogen-bond acceptors (Lipinski definition) is 4. The molecule has 106 valence electrons. The number of phenols is 1. The lowest BCUT2D eigenvalue weighted by molar-refractivity contribution is 0.310. The first-order valence-corrected chi connectivity index (χ1v) is 7.99. The summed E-state index contributed by atoms with van der Waals surface area (Å²) in [5.74, 6) is 0.239. The summed E-state index contributed by atoms with van der Waals surface area (Å²) in [6, 6.07) is 3.93. The molecule has 0 aromatic heterocycles. The van der Waals surface area contributed by atoms with Gasteiger partial charge in [0.2, 0.25) is 10.0 Å². The van der Waals surface area contributed by atoms with E-state index in [-0.39, 0.29) is 22.4 Å². The molecule has 2 unspecified atom stereocenters. The zero-order chi connectivity index (χ0) is 14.0. The lowest BCUT2D eigenvalue weighted by Gasteiger charge is -2.29. The molecule has 1 aliphatic rings. The van der Waals surface area contributed by atoms with E-state index in [1.54, 1.807) is 0 Å². The molecule has 0 spiro atoms. The fourth-order valence-electron chi connectivity index (χ4n) is 2.46. The monoisotopic (exact) mass is 284 g/mol. The van der Waals surface area contributed by atoms with Crippen molar-refractivity contribution in [1.82, 2.24) is 4.72 Å². The van der Waals surface area contributed by atoms with Gasteiger partial charge >= 0.3 is 0 Å². The van der Waals surface area contributed by atoms with Gasteiger partial charge in [0.05, 0.1) is 10.6 Å². The molecule has 1 aliphatic carbocycles. The van der Waals surface area contributed by atoms with E-state index in [0.717, 1.165) is 25.7 Å². The SMILES string of the molecule is CC1CCCCC1NS(=O)(=O)c1ccc(O)c(N)c1. The molecule has 0 bridgehead atoms. The van der Waals surface area contributed by atoms with Crippen LogP contribution >= 0.6 is 0 Å². The second kappa shape index (κ2) is 5.38. The van der Waals surface area contributed by atoms with Crippen LogP contribution < -0.4 is 10.5 Å². The molecule has 0 radical (unpaired) electrons. The minimum atomic E-state index is -3.57. The molecule has 1 fully saturated rings. The van der Waals surface area contributed by atoms with Gasteiger partial charge in [0.1, 0.15) is 5.75 Å². The van der Waals surface area contributed by atoms with E-state index in [9.17, 15) is 13.5 Å². The third kappa shape index (κ3) is 3.19. The average Bonchev–Trinajstić information content (AvgIpc) is 2.35. The Morgan fingerprint density at radius 1 is 1.32 bits per heavy atom. The Bertz CT molecular complexity index is 557. The summed E-state index contributed by atoms with van der Waals surface area (Å²) >= 11 is 0. The number of nitrogens with one attached hydrogen (secondary N) is 1. The predicted molar refractivity (Wildman–Crippen MR) is 74.3 cm³/mol. The predicted octanol–water partition coefficient (Wildman–Crippen LogP) is 1.83. The van der Waals surface area contributed by atoms with Crippen LogP contribution in [0.4, 0.5) is 5.69 Å². The standard InChI is InChI=1S/C13H20N2O3S/c1-9-4-2-3-5-12(9)15-19(17,18)10-6-7-13(16)11(14)8-10/h6-9,12,15-16H,2-5,14H2,1H3. The zero-order valence-corrected chi connectivity index (χ0v) is 11.8. The molecule has 2 rings (SSSR count). The summed E-state index contributed by atoms with van der Waals surface area (Å²) in [6.45, 7) is 2.07. The summed E-state index contributed by atoms with van der Waals surface area (Å²) in [5, 5.41) is 9.33. The Hall–Kier alpha value is -1.27. The van der Waals surface area contributed by atoms with Crippen molar-refractivity contribution >= 4 is 15.7 Å². The Morgan fingerprint density at radius 2 is 2.00 bits per heavy atom. The second-order valence-electron chi connectivity index (χ2n) is 5.21. The Labute approximate surface area is 113 Å². The van der Waals surface area contributed by atoms with E-state index in [1.807, 2.05) is 0 Å². The number of aromatic hydroxyl groups is 1. The zero-order valence-electron chi connectivity index (χ0n) is 11.0. The topological polar surface area (TPSA) is 92.4 Å². The number of nitrogens with two attached hydrogens (primary N) is 1. The highest BCUT2D eigenvalue weighted by Gasteiger charge is 2.26.